The van der Waals surface area contributed by atoms with Crippen LogP contribution in [0.1, 0.15) is 0 Å². The SMILES string of the molecule is [BaH2].[O]=[Fe].[SrH2]. The summed E-state index contributed by atoms with van der Waals surface area (Å²) in [5.74, 6) is 0. The molecule has 0 heterocycles. The third-order valence-electron chi connectivity index (χ3n) is 0. The van der Waals surface area contributed by atoms with Crippen molar-refractivity contribution in [2.45, 2.75) is 0 Å². The summed E-state index contributed by atoms with van der Waals surface area (Å²) in [7, 11) is 0. The Balaban J connectivity index is -0.00000000500. The van der Waals surface area contributed by atoms with E-state index in [4.69, 9.17) is 3.83 Å². The van der Waals surface area contributed by atoms with Gasteiger partial charge in [-0.2, -0.15) is 0 Å². The van der Waals surface area contributed by atoms with E-state index in [1.165, 1.54) is 0 Å². The molecule has 0 amide bonds. The van der Waals surface area contributed by atoms with Gasteiger partial charge in [0.05, 0.1) is 0 Å². The molecule has 0 atom stereocenters. The van der Waals surface area contributed by atoms with Gasteiger partial charge in [-0.3, -0.25) is 0 Å². The van der Waals surface area contributed by atoms with Crippen molar-refractivity contribution in [1.82, 2.24) is 0 Å². The van der Waals surface area contributed by atoms with Crippen molar-refractivity contribution in [3.63, 3.8) is 0 Å². The van der Waals surface area contributed by atoms with Crippen molar-refractivity contribution in [2.75, 3.05) is 0 Å². The van der Waals surface area contributed by atoms with E-state index in [0.29, 0.717) is 0 Å². The van der Waals surface area contributed by atoms with Gasteiger partial charge in [-0.15, -0.1) is 0 Å². The molecular weight excluding hydrogens is 297 g/mol. The maximum atomic E-state index is 8.00. The summed E-state index contributed by atoms with van der Waals surface area (Å²) < 4.78 is 8.00. The Morgan fingerprint density at radius 1 is 1.25 bits per heavy atom. The molecule has 0 spiro atoms. The van der Waals surface area contributed by atoms with Crippen LogP contribution in [0.5, 0.6) is 0 Å². The quantitative estimate of drug-likeness (QED) is 0.475. The van der Waals surface area contributed by atoms with Crippen molar-refractivity contribution in [3.05, 3.63) is 0 Å². The van der Waals surface area contributed by atoms with Gasteiger partial charge in [-0.25, -0.2) is 0 Å². The molecule has 0 aliphatic carbocycles. The van der Waals surface area contributed by atoms with E-state index in [9.17, 15) is 0 Å². The predicted octanol–water partition coefficient (Wildman–Crippen LogP) is -1.95. The van der Waals surface area contributed by atoms with Crippen LogP contribution in [0.15, 0.2) is 0 Å². The second kappa shape index (κ2) is 16.2. The first-order chi connectivity index (χ1) is 1.00. The Morgan fingerprint density at radius 2 is 1.25 bits per heavy atom. The molecule has 1 nitrogen and oxygen atoms in total. The summed E-state index contributed by atoms with van der Waals surface area (Å²) in [6.07, 6.45) is 0. The minimum atomic E-state index is 0. The molecule has 0 rings (SSSR count). The number of rotatable bonds is 0. The maximum absolute atomic E-state index is 8.00. The van der Waals surface area contributed by atoms with E-state index < -0.39 is 0 Å². The number of hydrogen-bond acceptors (Lipinski definition) is 1. The molecule has 0 saturated heterocycles. The molecule has 0 aromatic heterocycles. The molecule has 0 aliphatic rings. The molecule has 4 heteroatoms. The van der Waals surface area contributed by atoms with E-state index in [0.717, 1.165) is 0 Å². The Kier molecular flexibility index (Phi) is 63.3. The normalized spacial score (nSPS) is 1.25. The fourth-order valence-electron chi connectivity index (χ4n) is 0. The summed E-state index contributed by atoms with van der Waals surface area (Å²) in [5.41, 5.74) is 0. The molecule has 0 radical (unpaired) electrons. The molecule has 0 aliphatic heterocycles. The third kappa shape index (κ3) is 9.03. The van der Waals surface area contributed by atoms with Gasteiger partial charge in [0.2, 0.25) is 0 Å². The van der Waals surface area contributed by atoms with Gasteiger partial charge in [0, 0.05) is 0 Å². The van der Waals surface area contributed by atoms with E-state index in [1.54, 1.807) is 0 Å². The summed E-state index contributed by atoms with van der Waals surface area (Å²) in [4.78, 5) is 0. The first-order valence-electron chi connectivity index (χ1n) is 0.144. The Bertz CT molecular complexity index is 8.00. The summed E-state index contributed by atoms with van der Waals surface area (Å²) in [6.45, 7) is 0. The van der Waals surface area contributed by atoms with E-state index >= 15 is 0 Å². The van der Waals surface area contributed by atoms with Gasteiger partial charge >= 0.3 is 114 Å². The molecule has 0 N–H and O–H groups in total. The first kappa shape index (κ1) is 15.7. The summed E-state index contributed by atoms with van der Waals surface area (Å²) in [5, 5.41) is 0. The molecule has 4 heavy (non-hydrogen) atoms. The average Bonchev–Trinajstić information content (AvgIpc) is 1.00. The summed E-state index contributed by atoms with van der Waals surface area (Å²) >= 11 is 2.00. The fourth-order valence-corrected chi connectivity index (χ4v) is 0. The van der Waals surface area contributed by atoms with Gasteiger partial charge in [-0.1, -0.05) is 0 Å². The zero-order chi connectivity index (χ0) is 2.00. The van der Waals surface area contributed by atoms with Gasteiger partial charge < -0.3 is 0 Å². The van der Waals surface area contributed by atoms with Crippen LogP contribution in [0.25, 0.3) is 0 Å². The Labute approximate surface area is 111 Å². The van der Waals surface area contributed by atoms with E-state index in [-0.39, 0.29) is 94.4 Å². The topological polar surface area (TPSA) is 17.1 Å². The van der Waals surface area contributed by atoms with Crippen molar-refractivity contribution in [3.8, 4) is 0 Å². The van der Waals surface area contributed by atoms with Crippen molar-refractivity contribution in [1.29, 1.82) is 0 Å². The molecule has 0 fully saturated rings. The molecule has 0 aromatic carbocycles. The molecule has 0 aromatic rings. The van der Waals surface area contributed by atoms with Gasteiger partial charge in [0.1, 0.15) is 0 Å². The van der Waals surface area contributed by atoms with Crippen LogP contribution in [0, 0.1) is 0 Å². The van der Waals surface area contributed by atoms with Crippen LogP contribution >= 0.6 is 0 Å². The van der Waals surface area contributed by atoms with Crippen LogP contribution in [-0.2, 0) is 19.8 Å². The Hall–Kier alpha value is 3.37. The fraction of sp³-hybridized carbons (Fsp3) is 0. The van der Waals surface area contributed by atoms with Crippen molar-refractivity contribution < 1.29 is 19.8 Å². The standard InChI is InChI=1S/Ba.Fe.O.Sr.4H. The second-order valence-corrected chi connectivity index (χ2v) is 0. The van der Waals surface area contributed by atoms with Crippen LogP contribution in [0.2, 0.25) is 0 Å². The molecule has 0 bridgehead atoms. The van der Waals surface area contributed by atoms with Crippen LogP contribution in [0.3, 0.4) is 0 Å². The van der Waals surface area contributed by atoms with Crippen LogP contribution in [0.4, 0.5) is 0 Å². The monoisotopic (exact) mass is 302 g/mol. The summed E-state index contributed by atoms with van der Waals surface area (Å²) in [6, 6.07) is 0. The third-order valence-corrected chi connectivity index (χ3v) is 0. The second-order valence-electron chi connectivity index (χ2n) is 0. The Morgan fingerprint density at radius 3 is 1.25 bits per heavy atom. The van der Waals surface area contributed by atoms with Gasteiger partial charge in [-0.05, 0) is 0 Å². The number of hydrogen-bond donors (Lipinski definition) is 0. The average molecular weight is 301 g/mol. The first-order valence-corrected chi connectivity index (χ1v) is 0.595. The predicted molar refractivity (Wildman–Crippen MR) is 17.8 cm³/mol. The van der Waals surface area contributed by atoms with Crippen LogP contribution in [-0.4, -0.2) is 94.4 Å². The van der Waals surface area contributed by atoms with Crippen molar-refractivity contribution in [2.24, 2.45) is 0 Å². The molecule has 0 saturated carbocycles. The van der Waals surface area contributed by atoms with Crippen LogP contribution < -0.4 is 0 Å². The zero-order valence-corrected chi connectivity index (χ0v) is 1.87. The molecule has 22 valence electrons. The zero-order valence-electron chi connectivity index (χ0n) is 0.762. The van der Waals surface area contributed by atoms with Gasteiger partial charge in [0.25, 0.3) is 0 Å². The van der Waals surface area contributed by atoms with Gasteiger partial charge in [0.15, 0.2) is 0 Å². The van der Waals surface area contributed by atoms with E-state index in [2.05, 4.69) is 0 Å². The minimum absolute atomic E-state index is 0. The molecule has 0 unspecified atom stereocenters. The molecular formula is H4BaFeOSr. The van der Waals surface area contributed by atoms with E-state index in [1.807, 2.05) is 15.9 Å². The van der Waals surface area contributed by atoms with Crippen molar-refractivity contribution >= 4 is 94.4 Å².